The van der Waals surface area contributed by atoms with Gasteiger partial charge in [-0.3, -0.25) is 0 Å². The van der Waals surface area contributed by atoms with Crippen molar-refractivity contribution in [2.75, 3.05) is 6.61 Å². The Morgan fingerprint density at radius 1 is 0.871 bits per heavy atom. The highest BCUT2D eigenvalue weighted by Crippen LogP contribution is 2.37. The molecule has 0 N–H and O–H groups in total. The molecule has 162 valence electrons. The van der Waals surface area contributed by atoms with Crippen molar-refractivity contribution in [1.29, 1.82) is 0 Å². The van der Waals surface area contributed by atoms with Crippen molar-refractivity contribution in [3.63, 3.8) is 0 Å². The molecule has 3 nitrogen and oxygen atoms in total. The van der Waals surface area contributed by atoms with Gasteiger partial charge < -0.3 is 14.0 Å². The Morgan fingerprint density at radius 2 is 1.39 bits per heavy atom. The molecule has 0 bridgehead atoms. The first kappa shape index (κ1) is 22.9. The molecule has 0 heterocycles. The van der Waals surface area contributed by atoms with Crippen LogP contribution in [-0.4, -0.2) is 27.3 Å². The average molecular weight is 437 g/mol. The maximum atomic E-state index is 13.2. The fourth-order valence-corrected chi connectivity index (χ4v) is 8.60. The highest BCUT2D eigenvalue weighted by atomic mass is 28.4. The van der Waals surface area contributed by atoms with Gasteiger partial charge in [0, 0.05) is 6.42 Å². The summed E-state index contributed by atoms with van der Waals surface area (Å²) < 4.78 is 26.1. The molecule has 0 amide bonds. The fourth-order valence-electron chi connectivity index (χ4n) is 3.92. The number of hydrogen-bond donors (Lipinski definition) is 0. The number of ether oxygens (including phenoxy) is 1. The smallest absolute Gasteiger partial charge is 0.261 e. The van der Waals surface area contributed by atoms with Gasteiger partial charge in [0.15, 0.2) is 0 Å². The standard InChI is InChI=1S/C26H29FO3Si/c1-26(2,3)31(24-10-6-4-7-11-24,25-12-8-5-9-13-25)30-23(18-19-28)20-29-22-16-14-21(27)15-17-22/h4-17,19,23H,18,20H2,1-3H3/t23-/m0/s1. The van der Waals surface area contributed by atoms with Crippen LogP contribution < -0.4 is 15.1 Å². The van der Waals surface area contributed by atoms with E-state index in [-0.39, 0.29) is 23.9 Å². The number of hydrogen-bond acceptors (Lipinski definition) is 3. The van der Waals surface area contributed by atoms with Gasteiger partial charge in [0.05, 0.1) is 6.10 Å². The van der Waals surface area contributed by atoms with Crippen molar-refractivity contribution >= 4 is 25.0 Å². The Morgan fingerprint density at radius 3 is 1.84 bits per heavy atom. The van der Waals surface area contributed by atoms with Gasteiger partial charge in [0.2, 0.25) is 0 Å². The van der Waals surface area contributed by atoms with Crippen molar-refractivity contribution in [1.82, 2.24) is 0 Å². The van der Waals surface area contributed by atoms with Gasteiger partial charge in [0.25, 0.3) is 8.32 Å². The van der Waals surface area contributed by atoms with Gasteiger partial charge in [-0.15, -0.1) is 0 Å². The molecule has 5 heteroatoms. The van der Waals surface area contributed by atoms with Gasteiger partial charge in [-0.05, 0) is 39.7 Å². The summed E-state index contributed by atoms with van der Waals surface area (Å²) in [5.74, 6) is 0.226. The predicted octanol–water partition coefficient (Wildman–Crippen LogP) is 4.74. The van der Waals surface area contributed by atoms with Crippen LogP contribution in [0.5, 0.6) is 5.75 Å². The third-order valence-corrected chi connectivity index (χ3v) is 10.5. The van der Waals surface area contributed by atoms with E-state index in [9.17, 15) is 9.18 Å². The van der Waals surface area contributed by atoms with Crippen LogP contribution in [0.3, 0.4) is 0 Å². The minimum Gasteiger partial charge on any atom is -0.491 e. The van der Waals surface area contributed by atoms with Crippen LogP contribution in [0.1, 0.15) is 27.2 Å². The van der Waals surface area contributed by atoms with E-state index >= 15 is 0 Å². The van der Waals surface area contributed by atoms with E-state index < -0.39 is 14.4 Å². The van der Waals surface area contributed by atoms with E-state index in [1.807, 2.05) is 36.4 Å². The zero-order chi connectivity index (χ0) is 22.3. The van der Waals surface area contributed by atoms with E-state index in [4.69, 9.17) is 9.16 Å². The van der Waals surface area contributed by atoms with Crippen molar-refractivity contribution in [2.24, 2.45) is 0 Å². The van der Waals surface area contributed by atoms with Gasteiger partial charge >= 0.3 is 0 Å². The monoisotopic (exact) mass is 436 g/mol. The summed E-state index contributed by atoms with van der Waals surface area (Å²) in [6, 6.07) is 26.4. The Balaban J connectivity index is 2.00. The van der Waals surface area contributed by atoms with Crippen LogP contribution in [0.4, 0.5) is 4.39 Å². The third-order valence-electron chi connectivity index (χ3n) is 5.37. The molecule has 0 aliphatic carbocycles. The molecule has 0 unspecified atom stereocenters. The first-order valence-corrected chi connectivity index (χ1v) is 12.4. The molecule has 0 saturated carbocycles. The molecular formula is C26H29FO3Si. The molecule has 0 fully saturated rings. The molecule has 0 spiro atoms. The van der Waals surface area contributed by atoms with Crippen LogP contribution in [-0.2, 0) is 9.22 Å². The zero-order valence-corrected chi connectivity index (χ0v) is 19.3. The largest absolute Gasteiger partial charge is 0.491 e. The summed E-state index contributed by atoms with van der Waals surface area (Å²) in [4.78, 5) is 11.5. The first-order valence-electron chi connectivity index (χ1n) is 10.5. The lowest BCUT2D eigenvalue weighted by atomic mass is 10.2. The van der Waals surface area contributed by atoms with E-state index in [1.54, 1.807) is 12.1 Å². The fraction of sp³-hybridized carbons (Fsp3) is 0.269. The quantitative estimate of drug-likeness (QED) is 0.359. The number of rotatable bonds is 9. The Labute approximate surface area is 185 Å². The lowest BCUT2D eigenvalue weighted by Gasteiger charge is -2.45. The second-order valence-corrected chi connectivity index (χ2v) is 12.8. The van der Waals surface area contributed by atoms with Gasteiger partial charge in [0.1, 0.15) is 24.5 Å². The molecule has 0 aromatic heterocycles. The molecular weight excluding hydrogens is 407 g/mol. The Hall–Kier alpha value is -2.76. The molecule has 1 atom stereocenters. The van der Waals surface area contributed by atoms with E-state index in [2.05, 4.69) is 45.0 Å². The summed E-state index contributed by atoms with van der Waals surface area (Å²) in [5.41, 5.74) is 0. The predicted molar refractivity (Wildman–Crippen MR) is 125 cm³/mol. The summed E-state index contributed by atoms with van der Waals surface area (Å²) in [6.07, 6.45) is 0.649. The van der Waals surface area contributed by atoms with Gasteiger partial charge in [-0.25, -0.2) is 4.39 Å². The molecule has 3 aromatic carbocycles. The van der Waals surface area contributed by atoms with E-state index in [1.165, 1.54) is 12.1 Å². The third kappa shape index (κ3) is 5.30. The molecule has 31 heavy (non-hydrogen) atoms. The molecule has 3 rings (SSSR count). The summed E-state index contributed by atoms with van der Waals surface area (Å²) in [7, 11) is -2.80. The number of benzene rings is 3. The highest BCUT2D eigenvalue weighted by Gasteiger charge is 2.51. The van der Waals surface area contributed by atoms with Crippen molar-refractivity contribution < 1.29 is 18.3 Å². The maximum absolute atomic E-state index is 13.2. The summed E-state index contributed by atoms with van der Waals surface area (Å²) in [5, 5.41) is 2.09. The molecule has 3 aromatic rings. The lowest BCUT2D eigenvalue weighted by Crippen LogP contribution is -2.68. The SMILES string of the molecule is CC(C)(C)[Si](O[C@@H](CC=O)COc1ccc(F)cc1)(c1ccccc1)c1ccccc1. The second-order valence-electron chi connectivity index (χ2n) is 8.57. The number of carbonyl (C=O) groups is 1. The average Bonchev–Trinajstić information content (AvgIpc) is 2.77. The number of carbonyl (C=O) groups excluding carboxylic acids is 1. The van der Waals surface area contributed by atoms with E-state index in [0.29, 0.717) is 5.75 Å². The maximum Gasteiger partial charge on any atom is 0.261 e. The van der Waals surface area contributed by atoms with Crippen molar-refractivity contribution in [3.8, 4) is 5.75 Å². The number of aldehydes is 1. The second kappa shape index (κ2) is 10.0. The minimum absolute atomic E-state index is 0.202. The minimum atomic E-state index is -2.80. The first-order chi connectivity index (χ1) is 14.9. The van der Waals surface area contributed by atoms with Crippen LogP contribution in [0.25, 0.3) is 0 Å². The van der Waals surface area contributed by atoms with Crippen molar-refractivity contribution in [2.45, 2.75) is 38.3 Å². The summed E-state index contributed by atoms with van der Waals surface area (Å²) >= 11 is 0. The van der Waals surface area contributed by atoms with Gasteiger partial charge in [-0.1, -0.05) is 81.4 Å². The van der Waals surface area contributed by atoms with Crippen LogP contribution in [0.15, 0.2) is 84.9 Å². The molecule has 0 radical (unpaired) electrons. The molecule has 0 aliphatic heterocycles. The summed E-state index contributed by atoms with van der Waals surface area (Å²) in [6.45, 7) is 6.78. The van der Waals surface area contributed by atoms with Gasteiger partial charge in [-0.2, -0.15) is 0 Å². The Bertz CT molecular complexity index is 914. The Kier molecular flexibility index (Phi) is 7.41. The topological polar surface area (TPSA) is 35.5 Å². The van der Waals surface area contributed by atoms with Crippen LogP contribution >= 0.6 is 0 Å². The van der Waals surface area contributed by atoms with Crippen molar-refractivity contribution in [3.05, 3.63) is 90.7 Å². The highest BCUT2D eigenvalue weighted by molar-refractivity contribution is 6.99. The zero-order valence-electron chi connectivity index (χ0n) is 18.3. The normalized spacial score (nSPS) is 12.9. The number of halogens is 1. The van der Waals surface area contributed by atoms with E-state index in [0.717, 1.165) is 16.7 Å². The van der Waals surface area contributed by atoms with Crippen LogP contribution in [0, 0.1) is 5.82 Å². The molecule has 0 saturated heterocycles. The lowest BCUT2D eigenvalue weighted by molar-refractivity contribution is -0.109. The van der Waals surface area contributed by atoms with Crippen LogP contribution in [0.2, 0.25) is 5.04 Å². The molecule has 0 aliphatic rings.